The van der Waals surface area contributed by atoms with Crippen LogP contribution in [0.15, 0.2) is 18.5 Å². The highest BCUT2D eigenvalue weighted by atomic mass is 16.6. The molecule has 0 saturated heterocycles. The van der Waals surface area contributed by atoms with Crippen LogP contribution in [0.3, 0.4) is 0 Å². The molecule has 0 radical (unpaired) electrons. The van der Waals surface area contributed by atoms with Crippen molar-refractivity contribution < 1.29 is 9.53 Å². The quantitative estimate of drug-likeness (QED) is 0.736. The highest BCUT2D eigenvalue weighted by Crippen LogP contribution is 2.14. The maximum atomic E-state index is 11.5. The number of amides is 1. The van der Waals surface area contributed by atoms with Crippen LogP contribution in [0.2, 0.25) is 0 Å². The number of carbonyl (C=O) groups is 1. The largest absolute Gasteiger partial charge is 0.444 e. The van der Waals surface area contributed by atoms with E-state index in [0.717, 1.165) is 0 Å². The third-order valence-electron chi connectivity index (χ3n) is 1.61. The van der Waals surface area contributed by atoms with Gasteiger partial charge in [0.25, 0.3) is 0 Å². The highest BCUT2D eigenvalue weighted by Gasteiger charge is 2.16. The molecule has 16 heavy (non-hydrogen) atoms. The summed E-state index contributed by atoms with van der Waals surface area (Å²) in [7, 11) is 0. The molecule has 0 atom stereocenters. The van der Waals surface area contributed by atoms with Crippen molar-refractivity contribution in [1.29, 1.82) is 0 Å². The molecule has 0 aliphatic rings. The Morgan fingerprint density at radius 3 is 2.81 bits per heavy atom. The van der Waals surface area contributed by atoms with Crippen LogP contribution in [0.4, 0.5) is 10.5 Å². The zero-order chi connectivity index (χ0) is 12.2. The lowest BCUT2D eigenvalue weighted by Gasteiger charge is -2.19. The van der Waals surface area contributed by atoms with Crippen LogP contribution in [0.5, 0.6) is 0 Å². The number of anilines is 1. The summed E-state index contributed by atoms with van der Waals surface area (Å²) in [5.74, 6) is 2.45. The zero-order valence-corrected chi connectivity index (χ0v) is 9.57. The SMILES string of the molecule is C#Cc1ccncc1NC(=O)OC(C)(C)C. The molecule has 1 heterocycles. The van der Waals surface area contributed by atoms with Gasteiger partial charge < -0.3 is 4.74 Å². The van der Waals surface area contributed by atoms with Gasteiger partial charge in [0.1, 0.15) is 5.60 Å². The molecule has 4 nitrogen and oxygen atoms in total. The van der Waals surface area contributed by atoms with Gasteiger partial charge >= 0.3 is 6.09 Å². The molecular formula is C12H14N2O2. The van der Waals surface area contributed by atoms with Gasteiger partial charge in [-0.15, -0.1) is 6.42 Å². The fraction of sp³-hybridized carbons (Fsp3) is 0.333. The van der Waals surface area contributed by atoms with Crippen molar-refractivity contribution in [2.45, 2.75) is 26.4 Å². The summed E-state index contributed by atoms with van der Waals surface area (Å²) >= 11 is 0. The Morgan fingerprint density at radius 2 is 2.25 bits per heavy atom. The Bertz CT molecular complexity index is 427. The minimum Gasteiger partial charge on any atom is -0.444 e. The fourth-order valence-corrected chi connectivity index (χ4v) is 1.03. The molecule has 0 aliphatic carbocycles. The summed E-state index contributed by atoms with van der Waals surface area (Å²) in [6.45, 7) is 5.37. The molecular weight excluding hydrogens is 204 g/mol. The summed E-state index contributed by atoms with van der Waals surface area (Å²) < 4.78 is 5.09. The van der Waals surface area contributed by atoms with Crippen molar-refractivity contribution in [1.82, 2.24) is 4.98 Å². The van der Waals surface area contributed by atoms with E-state index in [4.69, 9.17) is 11.2 Å². The van der Waals surface area contributed by atoms with E-state index in [2.05, 4.69) is 16.2 Å². The highest BCUT2D eigenvalue weighted by molar-refractivity contribution is 5.86. The average Bonchev–Trinajstić information content (AvgIpc) is 2.15. The summed E-state index contributed by atoms with van der Waals surface area (Å²) in [5.41, 5.74) is 0.503. The number of pyridine rings is 1. The Kier molecular flexibility index (Phi) is 3.51. The van der Waals surface area contributed by atoms with E-state index in [0.29, 0.717) is 11.3 Å². The number of hydrogen-bond acceptors (Lipinski definition) is 3. The van der Waals surface area contributed by atoms with Crippen LogP contribution in [-0.4, -0.2) is 16.7 Å². The van der Waals surface area contributed by atoms with Gasteiger partial charge in [0, 0.05) is 6.20 Å². The summed E-state index contributed by atoms with van der Waals surface area (Å²) in [6, 6.07) is 1.65. The number of hydrogen-bond donors (Lipinski definition) is 1. The maximum absolute atomic E-state index is 11.5. The number of aromatic nitrogens is 1. The number of nitrogens with zero attached hydrogens (tertiary/aromatic N) is 1. The molecule has 0 saturated carbocycles. The Morgan fingerprint density at radius 1 is 1.56 bits per heavy atom. The predicted molar refractivity (Wildman–Crippen MR) is 62.0 cm³/mol. The first-order chi connectivity index (χ1) is 7.42. The lowest BCUT2D eigenvalue weighted by molar-refractivity contribution is 0.0636. The molecule has 1 aromatic heterocycles. The number of carbonyl (C=O) groups excluding carboxylic acids is 1. The lowest BCUT2D eigenvalue weighted by atomic mass is 10.2. The van der Waals surface area contributed by atoms with Gasteiger partial charge in [-0.1, -0.05) is 5.92 Å². The maximum Gasteiger partial charge on any atom is 0.412 e. The van der Waals surface area contributed by atoms with E-state index >= 15 is 0 Å². The molecule has 1 amide bonds. The van der Waals surface area contributed by atoms with Crippen LogP contribution in [-0.2, 0) is 4.74 Å². The fourth-order valence-electron chi connectivity index (χ4n) is 1.03. The standard InChI is InChI=1S/C12H14N2O2/c1-5-9-6-7-13-8-10(9)14-11(15)16-12(2,3)4/h1,6-8H,2-4H3,(H,14,15). The minimum atomic E-state index is -0.544. The first-order valence-corrected chi connectivity index (χ1v) is 4.83. The van der Waals surface area contributed by atoms with E-state index in [1.54, 1.807) is 33.0 Å². The summed E-state index contributed by atoms with van der Waals surface area (Å²) in [6.07, 6.45) is 7.79. The molecule has 1 rings (SSSR count). The smallest absolute Gasteiger partial charge is 0.412 e. The minimum absolute atomic E-state index is 0.472. The van der Waals surface area contributed by atoms with Crippen molar-refractivity contribution in [3.63, 3.8) is 0 Å². The Labute approximate surface area is 95.0 Å². The third-order valence-corrected chi connectivity index (χ3v) is 1.61. The van der Waals surface area contributed by atoms with Gasteiger partial charge in [0.15, 0.2) is 0 Å². The summed E-state index contributed by atoms with van der Waals surface area (Å²) in [5, 5.41) is 2.55. The van der Waals surface area contributed by atoms with E-state index in [-0.39, 0.29) is 0 Å². The first-order valence-electron chi connectivity index (χ1n) is 4.83. The molecule has 1 aromatic rings. The monoisotopic (exact) mass is 218 g/mol. The van der Waals surface area contributed by atoms with Gasteiger partial charge in [-0.3, -0.25) is 10.3 Å². The van der Waals surface area contributed by atoms with E-state index < -0.39 is 11.7 Å². The van der Waals surface area contributed by atoms with E-state index in [9.17, 15) is 4.79 Å². The number of terminal acetylenes is 1. The molecule has 0 spiro atoms. The molecule has 0 aromatic carbocycles. The Balaban J connectivity index is 2.75. The molecule has 1 N–H and O–H groups in total. The predicted octanol–water partition coefficient (Wildman–Crippen LogP) is 2.41. The second kappa shape index (κ2) is 4.67. The molecule has 4 heteroatoms. The van der Waals surface area contributed by atoms with Crippen molar-refractivity contribution in [2.24, 2.45) is 0 Å². The topological polar surface area (TPSA) is 51.2 Å². The number of ether oxygens (including phenoxy) is 1. The van der Waals surface area contributed by atoms with E-state index in [1.165, 1.54) is 6.20 Å². The van der Waals surface area contributed by atoms with E-state index in [1.807, 2.05) is 0 Å². The van der Waals surface area contributed by atoms with Gasteiger partial charge in [-0.05, 0) is 26.8 Å². The van der Waals surface area contributed by atoms with Gasteiger partial charge in [0.05, 0.1) is 17.4 Å². The van der Waals surface area contributed by atoms with Crippen LogP contribution in [0, 0.1) is 12.3 Å². The van der Waals surface area contributed by atoms with Gasteiger partial charge in [0.2, 0.25) is 0 Å². The van der Waals surface area contributed by atoms with Crippen molar-refractivity contribution in [2.75, 3.05) is 5.32 Å². The average molecular weight is 218 g/mol. The third kappa shape index (κ3) is 3.62. The Hall–Kier alpha value is -2.02. The molecule has 0 fully saturated rings. The second-order valence-electron chi connectivity index (χ2n) is 4.19. The lowest BCUT2D eigenvalue weighted by Crippen LogP contribution is -2.27. The number of rotatable bonds is 1. The zero-order valence-electron chi connectivity index (χ0n) is 9.57. The van der Waals surface area contributed by atoms with Gasteiger partial charge in [-0.2, -0.15) is 0 Å². The first kappa shape index (κ1) is 12.1. The van der Waals surface area contributed by atoms with Crippen LogP contribution in [0.25, 0.3) is 0 Å². The molecule has 84 valence electrons. The van der Waals surface area contributed by atoms with Crippen LogP contribution < -0.4 is 5.32 Å². The van der Waals surface area contributed by atoms with Crippen LogP contribution in [0.1, 0.15) is 26.3 Å². The van der Waals surface area contributed by atoms with Crippen molar-refractivity contribution in [3.05, 3.63) is 24.0 Å². The van der Waals surface area contributed by atoms with Crippen molar-refractivity contribution in [3.8, 4) is 12.3 Å². The molecule has 0 bridgehead atoms. The summed E-state index contributed by atoms with van der Waals surface area (Å²) in [4.78, 5) is 15.3. The number of nitrogens with one attached hydrogen (secondary N) is 1. The van der Waals surface area contributed by atoms with Crippen LogP contribution >= 0.6 is 0 Å². The van der Waals surface area contributed by atoms with Crippen molar-refractivity contribution >= 4 is 11.8 Å². The molecule has 0 aliphatic heterocycles. The normalized spacial score (nSPS) is 10.4. The second-order valence-corrected chi connectivity index (χ2v) is 4.19. The molecule has 0 unspecified atom stereocenters. The van der Waals surface area contributed by atoms with Gasteiger partial charge in [-0.25, -0.2) is 4.79 Å².